The predicted molar refractivity (Wildman–Crippen MR) is 86.9 cm³/mol. The van der Waals surface area contributed by atoms with E-state index in [-0.39, 0.29) is 5.91 Å². The van der Waals surface area contributed by atoms with Gasteiger partial charge in [-0.1, -0.05) is 20.8 Å². The first kappa shape index (κ1) is 16.0. The van der Waals surface area contributed by atoms with Gasteiger partial charge in [-0.05, 0) is 58.3 Å². The summed E-state index contributed by atoms with van der Waals surface area (Å²) in [7, 11) is 0. The normalized spacial score (nSPS) is 16.6. The van der Waals surface area contributed by atoms with Gasteiger partial charge in [-0.25, -0.2) is 0 Å². The second kappa shape index (κ2) is 6.19. The summed E-state index contributed by atoms with van der Waals surface area (Å²) in [4.78, 5) is 14.5. The minimum Gasteiger partial charge on any atom is -0.339 e. The van der Waals surface area contributed by atoms with Gasteiger partial charge in [-0.2, -0.15) is 5.26 Å². The Balaban J connectivity index is 2.08. The number of rotatable bonds is 1. The Morgan fingerprint density at radius 3 is 2.43 bits per heavy atom. The van der Waals surface area contributed by atoms with Gasteiger partial charge < -0.3 is 4.90 Å². The second-order valence-electron chi connectivity index (χ2n) is 6.74. The van der Waals surface area contributed by atoms with Gasteiger partial charge in [0.2, 0.25) is 0 Å². The van der Waals surface area contributed by atoms with Gasteiger partial charge in [0, 0.05) is 17.6 Å². The minimum atomic E-state index is 0.0544. The number of nitrogens with zero attached hydrogens (tertiary/aromatic N) is 2. The van der Waals surface area contributed by atoms with Crippen molar-refractivity contribution >= 4 is 21.8 Å². The van der Waals surface area contributed by atoms with Gasteiger partial charge in [0.15, 0.2) is 0 Å². The van der Waals surface area contributed by atoms with E-state index in [1.54, 1.807) is 18.2 Å². The fourth-order valence-electron chi connectivity index (χ4n) is 2.88. The molecule has 0 radical (unpaired) electrons. The highest BCUT2D eigenvalue weighted by Crippen LogP contribution is 2.34. The van der Waals surface area contributed by atoms with Gasteiger partial charge in [0.05, 0.1) is 17.2 Å². The van der Waals surface area contributed by atoms with Gasteiger partial charge in [-0.3, -0.25) is 4.79 Å². The highest BCUT2D eigenvalue weighted by molar-refractivity contribution is 9.10. The summed E-state index contributed by atoms with van der Waals surface area (Å²) < 4.78 is 0.699. The lowest BCUT2D eigenvalue weighted by Gasteiger charge is -2.38. The number of carbonyl (C=O) groups is 1. The summed E-state index contributed by atoms with van der Waals surface area (Å²) in [5.41, 5.74) is 1.51. The van der Waals surface area contributed by atoms with Crippen LogP contribution in [0.1, 0.15) is 49.5 Å². The van der Waals surface area contributed by atoms with Crippen LogP contribution < -0.4 is 0 Å². The lowest BCUT2D eigenvalue weighted by Crippen LogP contribution is -2.41. The van der Waals surface area contributed by atoms with E-state index in [2.05, 4.69) is 42.8 Å². The topological polar surface area (TPSA) is 44.1 Å². The quantitative estimate of drug-likeness (QED) is 0.762. The molecule has 3 nitrogen and oxygen atoms in total. The van der Waals surface area contributed by atoms with Crippen molar-refractivity contribution in [2.75, 3.05) is 13.1 Å². The highest BCUT2D eigenvalue weighted by Gasteiger charge is 2.31. The molecule has 1 aromatic carbocycles. The summed E-state index contributed by atoms with van der Waals surface area (Å²) >= 11 is 3.40. The maximum atomic E-state index is 12.6. The first-order valence-corrected chi connectivity index (χ1v) is 8.11. The van der Waals surface area contributed by atoms with Gasteiger partial charge in [0.1, 0.15) is 0 Å². The molecule has 0 bridgehead atoms. The van der Waals surface area contributed by atoms with Gasteiger partial charge in [-0.15, -0.1) is 0 Å². The molecule has 1 aromatic rings. The van der Waals surface area contributed by atoms with E-state index < -0.39 is 0 Å². The van der Waals surface area contributed by atoms with E-state index in [1.165, 1.54) is 0 Å². The zero-order valence-corrected chi connectivity index (χ0v) is 14.4. The van der Waals surface area contributed by atoms with Crippen LogP contribution in [0, 0.1) is 22.7 Å². The number of benzene rings is 1. The molecule has 0 atom stereocenters. The number of hydrogen-bond acceptors (Lipinski definition) is 2. The number of nitriles is 1. The number of likely N-dealkylation sites (tertiary alicyclic amines) is 1. The molecule has 0 spiro atoms. The van der Waals surface area contributed by atoms with Crippen molar-refractivity contribution in [1.82, 2.24) is 4.90 Å². The average molecular weight is 349 g/mol. The summed E-state index contributed by atoms with van der Waals surface area (Å²) in [6.07, 6.45) is 2.12. The molecule has 0 unspecified atom stereocenters. The van der Waals surface area contributed by atoms with E-state index in [4.69, 9.17) is 5.26 Å². The molecular weight excluding hydrogens is 328 g/mol. The maximum absolute atomic E-state index is 12.6. The molecule has 2 rings (SSSR count). The van der Waals surface area contributed by atoms with Crippen LogP contribution in [0.3, 0.4) is 0 Å². The molecule has 1 heterocycles. The monoisotopic (exact) mass is 348 g/mol. The molecule has 0 aliphatic carbocycles. The van der Waals surface area contributed by atoms with Crippen LogP contribution in [-0.2, 0) is 0 Å². The minimum absolute atomic E-state index is 0.0544. The SMILES string of the molecule is CC(C)(C)C1CCN(C(=O)c2ccc(C#N)cc2Br)CC1. The Hall–Kier alpha value is -1.34. The molecule has 1 amide bonds. The molecule has 0 saturated carbocycles. The predicted octanol–water partition coefficient (Wildman–Crippen LogP) is 4.22. The third-order valence-electron chi connectivity index (χ3n) is 4.34. The van der Waals surface area contributed by atoms with E-state index in [9.17, 15) is 4.79 Å². The van der Waals surface area contributed by atoms with Crippen LogP contribution in [0.25, 0.3) is 0 Å². The first-order chi connectivity index (χ1) is 9.82. The summed E-state index contributed by atoms with van der Waals surface area (Å²) in [6.45, 7) is 8.44. The first-order valence-electron chi connectivity index (χ1n) is 7.32. The largest absolute Gasteiger partial charge is 0.339 e. The number of hydrogen-bond donors (Lipinski definition) is 0. The van der Waals surface area contributed by atoms with Crippen molar-refractivity contribution in [2.24, 2.45) is 11.3 Å². The standard InChI is InChI=1S/C17H21BrN2O/c1-17(2,3)13-6-8-20(9-7-13)16(21)14-5-4-12(11-19)10-15(14)18/h4-5,10,13H,6-9H2,1-3H3. The average Bonchev–Trinajstić information content (AvgIpc) is 2.45. The molecule has 0 aromatic heterocycles. The van der Waals surface area contributed by atoms with Crippen LogP contribution in [0.15, 0.2) is 22.7 Å². The molecule has 21 heavy (non-hydrogen) atoms. The van der Waals surface area contributed by atoms with Crippen LogP contribution in [-0.4, -0.2) is 23.9 Å². The number of amides is 1. The third-order valence-corrected chi connectivity index (χ3v) is 4.99. The van der Waals surface area contributed by atoms with Crippen molar-refractivity contribution in [1.29, 1.82) is 5.26 Å². The Bertz CT molecular complexity index is 575. The van der Waals surface area contributed by atoms with Crippen LogP contribution in [0.4, 0.5) is 0 Å². The van der Waals surface area contributed by atoms with Crippen molar-refractivity contribution in [2.45, 2.75) is 33.6 Å². The molecule has 0 N–H and O–H groups in total. The molecule has 4 heteroatoms. The summed E-state index contributed by atoms with van der Waals surface area (Å²) in [5, 5.41) is 8.88. The van der Waals surface area contributed by atoms with E-state index in [1.807, 2.05) is 4.90 Å². The lowest BCUT2D eigenvalue weighted by atomic mass is 9.75. The number of halogens is 1. The number of piperidine rings is 1. The molecule has 112 valence electrons. The van der Waals surface area contributed by atoms with Crippen LogP contribution in [0.2, 0.25) is 0 Å². The van der Waals surface area contributed by atoms with Crippen LogP contribution in [0.5, 0.6) is 0 Å². The fourth-order valence-corrected chi connectivity index (χ4v) is 3.43. The van der Waals surface area contributed by atoms with E-state index >= 15 is 0 Å². The molecular formula is C17H21BrN2O. The Morgan fingerprint density at radius 2 is 1.95 bits per heavy atom. The van der Waals surface area contributed by atoms with Crippen molar-refractivity contribution in [3.8, 4) is 6.07 Å². The highest BCUT2D eigenvalue weighted by atomic mass is 79.9. The van der Waals surface area contributed by atoms with E-state index in [0.717, 1.165) is 25.9 Å². The fraction of sp³-hybridized carbons (Fsp3) is 0.529. The zero-order chi connectivity index (χ0) is 15.6. The lowest BCUT2D eigenvalue weighted by molar-refractivity contribution is 0.0608. The van der Waals surface area contributed by atoms with Crippen molar-refractivity contribution < 1.29 is 4.79 Å². The van der Waals surface area contributed by atoms with Crippen molar-refractivity contribution in [3.05, 3.63) is 33.8 Å². The smallest absolute Gasteiger partial charge is 0.254 e. The maximum Gasteiger partial charge on any atom is 0.254 e. The Morgan fingerprint density at radius 1 is 1.33 bits per heavy atom. The molecule has 1 saturated heterocycles. The zero-order valence-electron chi connectivity index (χ0n) is 12.8. The van der Waals surface area contributed by atoms with Crippen LogP contribution >= 0.6 is 15.9 Å². The van der Waals surface area contributed by atoms with Gasteiger partial charge >= 0.3 is 0 Å². The third kappa shape index (κ3) is 3.65. The van der Waals surface area contributed by atoms with E-state index in [0.29, 0.717) is 26.9 Å². The Kier molecular flexibility index (Phi) is 4.73. The molecule has 1 aliphatic rings. The summed E-state index contributed by atoms with van der Waals surface area (Å²) in [5.74, 6) is 0.727. The van der Waals surface area contributed by atoms with Crippen molar-refractivity contribution in [3.63, 3.8) is 0 Å². The molecule has 1 fully saturated rings. The number of carbonyl (C=O) groups excluding carboxylic acids is 1. The second-order valence-corrected chi connectivity index (χ2v) is 7.59. The van der Waals surface area contributed by atoms with Gasteiger partial charge in [0.25, 0.3) is 5.91 Å². The summed E-state index contributed by atoms with van der Waals surface area (Å²) in [6, 6.07) is 7.22. The molecule has 1 aliphatic heterocycles. The Labute approximate surface area is 135 Å².